The van der Waals surface area contributed by atoms with Gasteiger partial charge in [-0.05, 0) is 28.1 Å². The molecule has 1 aromatic rings. The van der Waals surface area contributed by atoms with Crippen LogP contribution in [-0.2, 0) is 11.3 Å². The first-order chi connectivity index (χ1) is 8.26. The van der Waals surface area contributed by atoms with E-state index in [0.717, 1.165) is 4.90 Å². The second-order valence-corrected chi connectivity index (χ2v) is 4.54. The van der Waals surface area contributed by atoms with Crippen molar-refractivity contribution in [1.82, 2.24) is 9.88 Å². The lowest BCUT2D eigenvalue weighted by atomic mass is 10.3. The molecule has 1 aromatic heterocycles. The lowest BCUT2D eigenvalue weighted by Crippen LogP contribution is -2.37. The summed E-state index contributed by atoms with van der Waals surface area (Å²) < 4.78 is 37.5. The van der Waals surface area contributed by atoms with Gasteiger partial charge in [-0.1, -0.05) is 0 Å². The van der Waals surface area contributed by atoms with Crippen LogP contribution in [0.4, 0.5) is 13.2 Å². The van der Waals surface area contributed by atoms with Gasteiger partial charge in [-0.2, -0.15) is 13.2 Å². The number of aromatic nitrogens is 1. The van der Waals surface area contributed by atoms with E-state index in [-0.39, 0.29) is 6.54 Å². The first kappa shape index (κ1) is 14.9. The molecule has 0 saturated carbocycles. The quantitative estimate of drug-likeness (QED) is 0.902. The summed E-state index contributed by atoms with van der Waals surface area (Å²) in [5.74, 6) is -1.31. The minimum absolute atomic E-state index is 0.168. The van der Waals surface area contributed by atoms with E-state index in [9.17, 15) is 18.0 Å². The molecule has 0 saturated heterocycles. The van der Waals surface area contributed by atoms with E-state index in [1.54, 1.807) is 6.07 Å². The molecule has 0 radical (unpaired) electrons. The molecule has 8 heteroatoms. The van der Waals surface area contributed by atoms with E-state index >= 15 is 0 Å². The van der Waals surface area contributed by atoms with Gasteiger partial charge in [0.15, 0.2) is 0 Å². The Bertz CT molecular complexity index is 409. The van der Waals surface area contributed by atoms with Crippen molar-refractivity contribution >= 4 is 21.9 Å². The molecular formula is C10H10BrF3N2O2. The number of carbonyl (C=O) groups is 1. The molecule has 1 N–H and O–H groups in total. The fourth-order valence-electron chi connectivity index (χ4n) is 1.34. The molecule has 0 fully saturated rings. The highest BCUT2D eigenvalue weighted by Crippen LogP contribution is 2.18. The second kappa shape index (κ2) is 6.14. The summed E-state index contributed by atoms with van der Waals surface area (Å²) in [4.78, 5) is 15.2. The van der Waals surface area contributed by atoms with Crippen molar-refractivity contribution in [2.24, 2.45) is 0 Å². The Morgan fingerprint density at radius 3 is 2.56 bits per heavy atom. The molecular weight excluding hydrogens is 317 g/mol. The number of hydrogen-bond acceptors (Lipinski definition) is 3. The molecule has 0 amide bonds. The third kappa shape index (κ3) is 5.97. The van der Waals surface area contributed by atoms with Crippen molar-refractivity contribution in [3.63, 3.8) is 0 Å². The first-order valence-corrected chi connectivity index (χ1v) is 5.67. The Morgan fingerprint density at radius 1 is 1.44 bits per heavy atom. The summed E-state index contributed by atoms with van der Waals surface area (Å²) >= 11 is 3.15. The maximum absolute atomic E-state index is 12.3. The average molecular weight is 327 g/mol. The molecule has 1 rings (SSSR count). The highest BCUT2D eigenvalue weighted by atomic mass is 79.9. The van der Waals surface area contributed by atoms with Crippen molar-refractivity contribution in [3.8, 4) is 0 Å². The second-order valence-electron chi connectivity index (χ2n) is 3.62. The number of hydrogen-bond donors (Lipinski definition) is 1. The molecule has 4 nitrogen and oxygen atoms in total. The van der Waals surface area contributed by atoms with Gasteiger partial charge in [-0.3, -0.25) is 14.7 Å². The van der Waals surface area contributed by atoms with E-state index in [2.05, 4.69) is 20.9 Å². The Hall–Kier alpha value is -1.15. The van der Waals surface area contributed by atoms with Crippen LogP contribution in [-0.4, -0.2) is 40.2 Å². The van der Waals surface area contributed by atoms with Gasteiger partial charge in [0.1, 0.15) is 0 Å². The zero-order chi connectivity index (χ0) is 13.8. The minimum atomic E-state index is -4.44. The lowest BCUT2D eigenvalue weighted by molar-refractivity contribution is -0.155. The molecule has 0 bridgehead atoms. The van der Waals surface area contributed by atoms with Crippen LogP contribution in [0.15, 0.2) is 22.8 Å². The van der Waals surface area contributed by atoms with Crippen LogP contribution in [0.3, 0.4) is 0 Å². The molecule has 0 aliphatic rings. The maximum Gasteiger partial charge on any atom is 0.401 e. The molecule has 1 heterocycles. The summed E-state index contributed by atoms with van der Waals surface area (Å²) in [6.07, 6.45) is -2.99. The van der Waals surface area contributed by atoms with Gasteiger partial charge < -0.3 is 5.11 Å². The van der Waals surface area contributed by atoms with Gasteiger partial charge in [0, 0.05) is 17.2 Å². The topological polar surface area (TPSA) is 53.4 Å². The van der Waals surface area contributed by atoms with Gasteiger partial charge in [0.05, 0.1) is 18.8 Å². The number of aliphatic carboxylic acids is 1. The van der Waals surface area contributed by atoms with E-state index in [0.29, 0.717) is 10.2 Å². The van der Waals surface area contributed by atoms with Crippen molar-refractivity contribution in [3.05, 3.63) is 28.5 Å². The number of nitrogens with zero attached hydrogens (tertiary/aromatic N) is 2. The molecule has 0 aliphatic carbocycles. The van der Waals surface area contributed by atoms with Gasteiger partial charge in [0.2, 0.25) is 0 Å². The third-order valence-electron chi connectivity index (χ3n) is 1.94. The van der Waals surface area contributed by atoms with Crippen LogP contribution < -0.4 is 0 Å². The fraction of sp³-hybridized carbons (Fsp3) is 0.400. The van der Waals surface area contributed by atoms with Crippen molar-refractivity contribution in [2.75, 3.05) is 13.1 Å². The SMILES string of the molecule is O=C(O)CN(Cc1ccc(Br)cn1)CC(F)(F)F. The average Bonchev–Trinajstić information content (AvgIpc) is 2.18. The molecule has 18 heavy (non-hydrogen) atoms. The first-order valence-electron chi connectivity index (χ1n) is 4.87. The van der Waals surface area contributed by atoms with Crippen LogP contribution in [0, 0.1) is 0 Å². The van der Waals surface area contributed by atoms with E-state index in [1.165, 1.54) is 12.3 Å². The number of carboxylic acid groups (broad SMARTS) is 1. The minimum Gasteiger partial charge on any atom is -0.480 e. The smallest absolute Gasteiger partial charge is 0.401 e. The van der Waals surface area contributed by atoms with Gasteiger partial charge in [-0.15, -0.1) is 0 Å². The summed E-state index contributed by atoms with van der Waals surface area (Å²) in [6.45, 7) is -2.13. The number of rotatable bonds is 5. The standard InChI is InChI=1S/C10H10BrF3N2O2/c11-7-1-2-8(15-3-7)4-16(5-9(17)18)6-10(12,13)14/h1-3H,4-6H2,(H,17,18). The maximum atomic E-state index is 12.3. The van der Waals surface area contributed by atoms with Crippen LogP contribution in [0.25, 0.3) is 0 Å². The van der Waals surface area contributed by atoms with E-state index < -0.39 is 25.2 Å². The van der Waals surface area contributed by atoms with Crippen molar-refractivity contribution in [2.45, 2.75) is 12.7 Å². The predicted octanol–water partition coefficient (Wildman–Crippen LogP) is 2.29. The Morgan fingerprint density at radius 2 is 2.11 bits per heavy atom. The largest absolute Gasteiger partial charge is 0.480 e. The van der Waals surface area contributed by atoms with Crippen molar-refractivity contribution < 1.29 is 23.1 Å². The molecule has 0 spiro atoms. The fourth-order valence-corrected chi connectivity index (χ4v) is 1.58. The molecule has 100 valence electrons. The number of carboxylic acids is 1. The van der Waals surface area contributed by atoms with Crippen LogP contribution >= 0.6 is 15.9 Å². The van der Waals surface area contributed by atoms with Crippen LogP contribution in [0.2, 0.25) is 0 Å². The van der Waals surface area contributed by atoms with Gasteiger partial charge >= 0.3 is 12.1 Å². The normalized spacial score (nSPS) is 11.8. The Labute approximate surface area is 110 Å². The Balaban J connectivity index is 2.71. The predicted molar refractivity (Wildman–Crippen MR) is 60.9 cm³/mol. The number of halogens is 4. The number of pyridine rings is 1. The monoisotopic (exact) mass is 326 g/mol. The highest BCUT2D eigenvalue weighted by Gasteiger charge is 2.31. The third-order valence-corrected chi connectivity index (χ3v) is 2.41. The molecule has 0 unspecified atom stereocenters. The van der Waals surface area contributed by atoms with Crippen LogP contribution in [0.1, 0.15) is 5.69 Å². The lowest BCUT2D eigenvalue weighted by Gasteiger charge is -2.21. The zero-order valence-electron chi connectivity index (χ0n) is 9.12. The van der Waals surface area contributed by atoms with Gasteiger partial charge in [0.25, 0.3) is 0 Å². The van der Waals surface area contributed by atoms with Crippen molar-refractivity contribution in [1.29, 1.82) is 0 Å². The van der Waals surface area contributed by atoms with Crippen LogP contribution in [0.5, 0.6) is 0 Å². The summed E-state index contributed by atoms with van der Waals surface area (Å²) in [5, 5.41) is 8.57. The number of alkyl halides is 3. The van der Waals surface area contributed by atoms with Gasteiger partial charge in [-0.25, -0.2) is 0 Å². The highest BCUT2D eigenvalue weighted by molar-refractivity contribution is 9.10. The van der Waals surface area contributed by atoms with E-state index in [1.807, 2.05) is 0 Å². The molecule has 0 aromatic carbocycles. The van der Waals surface area contributed by atoms with E-state index in [4.69, 9.17) is 5.11 Å². The molecule has 0 aliphatic heterocycles. The zero-order valence-corrected chi connectivity index (χ0v) is 10.7. The molecule has 0 atom stereocenters. The summed E-state index contributed by atoms with van der Waals surface area (Å²) in [5.41, 5.74) is 0.378. The summed E-state index contributed by atoms with van der Waals surface area (Å²) in [7, 11) is 0. The Kier molecular flexibility index (Phi) is 5.09. The summed E-state index contributed by atoms with van der Waals surface area (Å²) in [6, 6.07) is 3.17.